The van der Waals surface area contributed by atoms with E-state index in [1.807, 2.05) is 0 Å². The van der Waals surface area contributed by atoms with Gasteiger partial charge in [0, 0.05) is 12.3 Å². The second kappa shape index (κ2) is 1.70. The van der Waals surface area contributed by atoms with Gasteiger partial charge in [-0.15, -0.1) is 5.10 Å². The minimum absolute atomic E-state index is 0.611. The van der Waals surface area contributed by atoms with E-state index in [9.17, 15) is 0 Å². The van der Waals surface area contributed by atoms with Gasteiger partial charge in [0.15, 0.2) is 0 Å². The molecule has 50 valence electrons. The maximum absolute atomic E-state index is 5.08. The van der Waals surface area contributed by atoms with E-state index < -0.39 is 0 Å². The van der Waals surface area contributed by atoms with E-state index in [-0.39, 0.29) is 0 Å². The topological polar surface area (TPSA) is 43.9 Å². The molecule has 0 bridgehead atoms. The molecule has 0 aromatic heterocycles. The SMILES string of the molecule is C=Cn1nc2nccc-2o1. The molecule has 0 fully saturated rings. The van der Waals surface area contributed by atoms with Crippen molar-refractivity contribution in [1.82, 2.24) is 14.9 Å². The van der Waals surface area contributed by atoms with Gasteiger partial charge >= 0.3 is 0 Å². The largest absolute Gasteiger partial charge is 0.354 e. The summed E-state index contributed by atoms with van der Waals surface area (Å²) in [5.74, 6) is 1.29. The summed E-state index contributed by atoms with van der Waals surface area (Å²) in [7, 11) is 0. The molecule has 0 aromatic rings. The quantitative estimate of drug-likeness (QED) is 0.587. The first-order chi connectivity index (χ1) is 4.90. The van der Waals surface area contributed by atoms with Gasteiger partial charge in [-0.05, 0) is 0 Å². The van der Waals surface area contributed by atoms with Gasteiger partial charge in [0.05, 0.1) is 6.20 Å². The van der Waals surface area contributed by atoms with Crippen LogP contribution in [-0.4, -0.2) is 14.9 Å². The van der Waals surface area contributed by atoms with Gasteiger partial charge in [0.1, 0.15) is 0 Å². The summed E-state index contributed by atoms with van der Waals surface area (Å²) in [5.41, 5.74) is 0. The van der Waals surface area contributed by atoms with E-state index >= 15 is 0 Å². The zero-order chi connectivity index (χ0) is 6.97. The smallest absolute Gasteiger partial charge is 0.221 e. The lowest BCUT2D eigenvalue weighted by molar-refractivity contribution is 0.342. The molecular weight excluding hydrogens is 130 g/mol. The van der Waals surface area contributed by atoms with Crippen LogP contribution < -0.4 is 0 Å². The summed E-state index contributed by atoms with van der Waals surface area (Å²) in [4.78, 5) is 5.19. The normalized spacial score (nSPS) is 10.4. The molecule has 0 amide bonds. The second-order valence-corrected chi connectivity index (χ2v) is 1.81. The number of aromatic nitrogens is 3. The van der Waals surface area contributed by atoms with E-state index in [0.717, 1.165) is 0 Å². The van der Waals surface area contributed by atoms with Gasteiger partial charge in [-0.25, -0.2) is 4.98 Å². The lowest BCUT2D eigenvalue weighted by Gasteiger charge is -1.80. The Bertz CT molecular complexity index is 296. The lowest BCUT2D eigenvalue weighted by atomic mass is 10.5. The summed E-state index contributed by atoms with van der Waals surface area (Å²) in [6.07, 6.45) is 3.12. The third-order valence-electron chi connectivity index (χ3n) is 1.18. The number of hydrogen-bond acceptors (Lipinski definition) is 3. The Kier molecular flexibility index (Phi) is 0.887. The van der Waals surface area contributed by atoms with Gasteiger partial charge < -0.3 is 4.52 Å². The maximum Gasteiger partial charge on any atom is 0.221 e. The van der Waals surface area contributed by atoms with Crippen molar-refractivity contribution in [3.8, 4) is 11.6 Å². The highest BCUT2D eigenvalue weighted by molar-refractivity contribution is 5.47. The Labute approximate surface area is 57.1 Å². The van der Waals surface area contributed by atoms with E-state index in [1.54, 1.807) is 12.3 Å². The van der Waals surface area contributed by atoms with Crippen LogP contribution in [0.2, 0.25) is 0 Å². The average Bonchev–Trinajstić information content (AvgIpc) is 2.42. The zero-order valence-electron chi connectivity index (χ0n) is 5.19. The Morgan fingerprint density at radius 1 is 1.70 bits per heavy atom. The van der Waals surface area contributed by atoms with Crippen LogP contribution in [0.1, 0.15) is 0 Å². The first-order valence-corrected chi connectivity index (χ1v) is 2.83. The molecule has 0 saturated carbocycles. The van der Waals surface area contributed by atoms with E-state index in [0.29, 0.717) is 11.6 Å². The highest BCUT2D eigenvalue weighted by Gasteiger charge is 2.09. The van der Waals surface area contributed by atoms with Gasteiger partial charge in [0.2, 0.25) is 11.6 Å². The van der Waals surface area contributed by atoms with Crippen LogP contribution in [0.25, 0.3) is 17.8 Å². The summed E-state index contributed by atoms with van der Waals surface area (Å²) in [5, 5.41) is 3.91. The molecule has 0 spiro atoms. The summed E-state index contributed by atoms with van der Waals surface area (Å²) >= 11 is 0. The lowest BCUT2D eigenvalue weighted by Crippen LogP contribution is -1.83. The monoisotopic (exact) mass is 135 g/mol. The predicted octanol–water partition coefficient (Wildman–Crippen LogP) is 1.08. The summed E-state index contributed by atoms with van der Waals surface area (Å²) in [6.45, 7) is 3.48. The number of fused-ring (bicyclic) bond motifs is 1. The van der Waals surface area contributed by atoms with Crippen molar-refractivity contribution in [3.63, 3.8) is 0 Å². The van der Waals surface area contributed by atoms with E-state index in [2.05, 4.69) is 16.7 Å². The average molecular weight is 135 g/mol. The predicted molar refractivity (Wildman–Crippen MR) is 35.3 cm³/mol. The highest BCUT2D eigenvalue weighted by Crippen LogP contribution is 2.16. The fraction of sp³-hybridized carbons (Fsp3) is 0. The molecule has 2 heterocycles. The Morgan fingerprint density at radius 2 is 2.60 bits per heavy atom. The first kappa shape index (κ1) is 5.22. The molecule has 0 saturated heterocycles. The molecule has 4 nitrogen and oxygen atoms in total. The van der Waals surface area contributed by atoms with Crippen LogP contribution in [0, 0.1) is 0 Å². The number of rotatable bonds is 1. The molecule has 10 heavy (non-hydrogen) atoms. The molecule has 2 rings (SSSR count). The number of hydrogen-bond donors (Lipinski definition) is 0. The van der Waals surface area contributed by atoms with Gasteiger partial charge in [0.25, 0.3) is 0 Å². The van der Waals surface area contributed by atoms with Crippen molar-refractivity contribution in [3.05, 3.63) is 18.8 Å². The van der Waals surface area contributed by atoms with Crippen LogP contribution in [-0.2, 0) is 0 Å². The Balaban J connectivity index is 2.67. The van der Waals surface area contributed by atoms with Gasteiger partial charge in [-0.3, -0.25) is 0 Å². The van der Waals surface area contributed by atoms with Gasteiger partial charge in [-0.1, -0.05) is 11.4 Å². The standard InChI is InChI=1S/C6H5N3O/c1-2-9-8-6-5(10-9)3-4-7-6/h2-4H,1H2. The molecular formula is C6H5N3O. The van der Waals surface area contributed by atoms with Crippen LogP contribution in [0.4, 0.5) is 0 Å². The summed E-state index contributed by atoms with van der Waals surface area (Å²) < 4.78 is 5.08. The van der Waals surface area contributed by atoms with Crippen molar-refractivity contribution in [2.45, 2.75) is 0 Å². The van der Waals surface area contributed by atoms with Crippen molar-refractivity contribution >= 4 is 6.20 Å². The van der Waals surface area contributed by atoms with Crippen molar-refractivity contribution in [2.24, 2.45) is 0 Å². The fourth-order valence-electron chi connectivity index (χ4n) is 0.753. The minimum Gasteiger partial charge on any atom is -0.354 e. The molecule has 2 aliphatic heterocycles. The molecule has 0 atom stereocenters. The minimum atomic E-state index is 0.611. The van der Waals surface area contributed by atoms with Crippen LogP contribution in [0.3, 0.4) is 0 Å². The van der Waals surface area contributed by atoms with Crippen molar-refractivity contribution in [1.29, 1.82) is 0 Å². The zero-order valence-corrected chi connectivity index (χ0v) is 5.19. The Morgan fingerprint density at radius 3 is 3.30 bits per heavy atom. The Hall–Kier alpha value is -1.58. The van der Waals surface area contributed by atoms with E-state index in [4.69, 9.17) is 4.52 Å². The maximum atomic E-state index is 5.08. The molecule has 2 aliphatic rings. The summed E-state index contributed by atoms with van der Waals surface area (Å²) in [6, 6.07) is 1.75. The molecule has 0 aromatic carbocycles. The van der Waals surface area contributed by atoms with Gasteiger partial charge in [-0.2, -0.15) is 0 Å². The van der Waals surface area contributed by atoms with Crippen LogP contribution in [0.15, 0.2) is 23.4 Å². The molecule has 0 N–H and O–H groups in total. The van der Waals surface area contributed by atoms with Crippen molar-refractivity contribution in [2.75, 3.05) is 0 Å². The van der Waals surface area contributed by atoms with Crippen molar-refractivity contribution < 1.29 is 4.52 Å². The fourth-order valence-corrected chi connectivity index (χ4v) is 0.753. The first-order valence-electron chi connectivity index (χ1n) is 2.83. The third kappa shape index (κ3) is 0.556. The molecule has 0 unspecified atom stereocenters. The van der Waals surface area contributed by atoms with E-state index in [1.165, 1.54) is 11.1 Å². The second-order valence-electron chi connectivity index (χ2n) is 1.81. The number of nitrogens with zero attached hydrogens (tertiary/aromatic N) is 3. The third-order valence-corrected chi connectivity index (χ3v) is 1.18. The molecule has 4 heteroatoms. The molecule has 0 radical (unpaired) electrons. The van der Waals surface area contributed by atoms with Crippen LogP contribution in [0.5, 0.6) is 0 Å². The highest BCUT2D eigenvalue weighted by atomic mass is 16.5. The van der Waals surface area contributed by atoms with Crippen LogP contribution >= 0.6 is 0 Å². The molecule has 0 aliphatic carbocycles.